The molecule has 0 aromatic carbocycles. The monoisotopic (exact) mass is 308 g/mol. The van der Waals surface area contributed by atoms with Crippen molar-refractivity contribution in [2.45, 2.75) is 76.0 Å². The lowest BCUT2D eigenvalue weighted by Crippen LogP contribution is -2.60. The lowest BCUT2D eigenvalue weighted by atomic mass is 9.50. The summed E-state index contributed by atoms with van der Waals surface area (Å²) in [5.74, 6) is 0.768. The van der Waals surface area contributed by atoms with E-state index < -0.39 is 5.67 Å². The van der Waals surface area contributed by atoms with E-state index in [-0.39, 0.29) is 29.2 Å². The minimum atomic E-state index is -1.15. The average Bonchev–Trinajstić information content (AvgIpc) is 2.46. The molecule has 0 spiro atoms. The minimum Gasteiger partial charge on any atom is -0.459 e. The van der Waals surface area contributed by atoms with E-state index in [9.17, 15) is 9.59 Å². The van der Waals surface area contributed by atoms with Crippen molar-refractivity contribution < 1.29 is 18.7 Å². The second-order valence-electron chi connectivity index (χ2n) is 8.18. The van der Waals surface area contributed by atoms with Gasteiger partial charge in [-0.05, 0) is 57.3 Å². The standard InChI is InChI=1S/C18H25FO3/c1-17-8-7-15-13(14(17)4-5-16(21)22-17)3-2-11-10-12(20)6-9-18(11,15)19/h11,13-15H,2-10H2,1H3. The van der Waals surface area contributed by atoms with Gasteiger partial charge in [-0.1, -0.05) is 0 Å². The molecule has 3 nitrogen and oxygen atoms in total. The zero-order chi connectivity index (χ0) is 15.5. The molecule has 0 amide bonds. The molecule has 1 saturated heterocycles. The first-order valence-corrected chi connectivity index (χ1v) is 8.85. The van der Waals surface area contributed by atoms with Crippen LogP contribution < -0.4 is 0 Å². The first-order valence-electron chi connectivity index (χ1n) is 8.85. The average molecular weight is 308 g/mol. The predicted molar refractivity (Wildman–Crippen MR) is 78.9 cm³/mol. The van der Waals surface area contributed by atoms with E-state index in [1.165, 1.54) is 0 Å². The number of carbonyl (C=O) groups excluding carboxylic acids is 2. The van der Waals surface area contributed by atoms with Crippen molar-refractivity contribution in [2.24, 2.45) is 23.7 Å². The highest BCUT2D eigenvalue weighted by atomic mass is 19.1. The first-order chi connectivity index (χ1) is 10.4. The second kappa shape index (κ2) is 4.78. The molecular weight excluding hydrogens is 283 g/mol. The maximum absolute atomic E-state index is 15.8. The summed E-state index contributed by atoms with van der Waals surface area (Å²) in [5, 5.41) is 0. The van der Waals surface area contributed by atoms with Gasteiger partial charge in [0, 0.05) is 31.1 Å². The number of halogens is 1. The number of fused-ring (bicyclic) bond motifs is 5. The van der Waals surface area contributed by atoms with E-state index >= 15 is 4.39 Å². The van der Waals surface area contributed by atoms with Gasteiger partial charge in [0.2, 0.25) is 0 Å². The zero-order valence-electron chi connectivity index (χ0n) is 13.3. The van der Waals surface area contributed by atoms with E-state index in [4.69, 9.17) is 4.74 Å². The van der Waals surface area contributed by atoms with E-state index in [0.717, 1.165) is 32.1 Å². The normalized spacial score (nSPS) is 51.4. The Morgan fingerprint density at radius 2 is 1.86 bits per heavy atom. The van der Waals surface area contributed by atoms with Crippen LogP contribution in [0.15, 0.2) is 0 Å². The van der Waals surface area contributed by atoms with Crippen LogP contribution in [0.1, 0.15) is 64.7 Å². The minimum absolute atomic E-state index is 0.0641. The lowest BCUT2D eigenvalue weighted by Gasteiger charge is -2.58. The van der Waals surface area contributed by atoms with Gasteiger partial charge >= 0.3 is 5.97 Å². The maximum Gasteiger partial charge on any atom is 0.306 e. The molecule has 4 rings (SSSR count). The van der Waals surface area contributed by atoms with Gasteiger partial charge in [-0.3, -0.25) is 9.59 Å². The third-order valence-electron chi connectivity index (χ3n) is 7.18. The molecule has 22 heavy (non-hydrogen) atoms. The molecule has 1 heterocycles. The zero-order valence-corrected chi connectivity index (χ0v) is 13.3. The molecule has 4 aliphatic rings. The van der Waals surface area contributed by atoms with Crippen LogP contribution in [0.25, 0.3) is 0 Å². The van der Waals surface area contributed by atoms with Crippen molar-refractivity contribution >= 4 is 11.8 Å². The van der Waals surface area contributed by atoms with Crippen molar-refractivity contribution in [1.82, 2.24) is 0 Å². The van der Waals surface area contributed by atoms with Gasteiger partial charge in [-0.25, -0.2) is 4.39 Å². The number of carbonyl (C=O) groups is 2. The maximum atomic E-state index is 15.8. The number of ketones is 1. The summed E-state index contributed by atoms with van der Waals surface area (Å²) in [6.45, 7) is 2.05. The summed E-state index contributed by atoms with van der Waals surface area (Å²) < 4.78 is 21.5. The molecule has 6 atom stereocenters. The van der Waals surface area contributed by atoms with Crippen LogP contribution in [-0.4, -0.2) is 23.0 Å². The number of hydrogen-bond acceptors (Lipinski definition) is 3. The molecule has 6 unspecified atom stereocenters. The number of hydrogen-bond donors (Lipinski definition) is 0. The fourth-order valence-electron chi connectivity index (χ4n) is 6.11. The van der Waals surface area contributed by atoms with E-state index in [1.54, 1.807) is 0 Å². The molecular formula is C18H25FO3. The van der Waals surface area contributed by atoms with Crippen LogP contribution in [0, 0.1) is 23.7 Å². The van der Waals surface area contributed by atoms with Crippen LogP contribution in [-0.2, 0) is 14.3 Å². The van der Waals surface area contributed by atoms with Crippen LogP contribution in [0.4, 0.5) is 4.39 Å². The number of ether oxygens (including phenoxy) is 1. The number of esters is 1. The van der Waals surface area contributed by atoms with Crippen LogP contribution >= 0.6 is 0 Å². The molecule has 0 N–H and O–H groups in total. The summed E-state index contributed by atoms with van der Waals surface area (Å²) in [6, 6.07) is 0. The SMILES string of the molecule is CC12CCC3C(CCC4CC(=O)CCC43F)C1CCC(=O)O2. The Bertz CT molecular complexity index is 518. The molecule has 4 heteroatoms. The first kappa shape index (κ1) is 14.6. The quantitative estimate of drug-likeness (QED) is 0.642. The van der Waals surface area contributed by atoms with Crippen molar-refractivity contribution in [2.75, 3.05) is 0 Å². The van der Waals surface area contributed by atoms with E-state index in [2.05, 4.69) is 0 Å². The number of rotatable bonds is 0. The highest BCUT2D eigenvalue weighted by molar-refractivity contribution is 5.80. The largest absolute Gasteiger partial charge is 0.459 e. The Balaban J connectivity index is 1.62. The molecule has 0 bridgehead atoms. The number of Topliss-reactive ketones (excluding diaryl/α,β-unsaturated/α-hetero) is 1. The molecule has 0 radical (unpaired) electrons. The third-order valence-corrected chi connectivity index (χ3v) is 7.18. The Hall–Kier alpha value is -0.930. The number of alkyl halides is 1. The van der Waals surface area contributed by atoms with Gasteiger partial charge in [-0.2, -0.15) is 0 Å². The highest BCUT2D eigenvalue weighted by Gasteiger charge is 2.61. The molecule has 4 fully saturated rings. The van der Waals surface area contributed by atoms with Gasteiger partial charge in [0.05, 0.1) is 0 Å². The predicted octanol–water partition coefficient (Wildman–Crippen LogP) is 3.60. The Morgan fingerprint density at radius 3 is 2.68 bits per heavy atom. The Labute approximate surface area is 131 Å². The van der Waals surface area contributed by atoms with Gasteiger partial charge in [-0.15, -0.1) is 0 Å². The fraction of sp³-hybridized carbons (Fsp3) is 0.889. The van der Waals surface area contributed by atoms with Crippen LogP contribution in [0.5, 0.6) is 0 Å². The van der Waals surface area contributed by atoms with Crippen molar-refractivity contribution in [3.05, 3.63) is 0 Å². The summed E-state index contributed by atoms with van der Waals surface area (Å²) in [5.41, 5.74) is -1.54. The lowest BCUT2D eigenvalue weighted by molar-refractivity contribution is -0.205. The van der Waals surface area contributed by atoms with Gasteiger partial charge in [0.15, 0.2) is 0 Å². The van der Waals surface area contributed by atoms with Gasteiger partial charge in [0.25, 0.3) is 0 Å². The van der Waals surface area contributed by atoms with Crippen molar-refractivity contribution in [3.63, 3.8) is 0 Å². The Kier molecular flexibility index (Phi) is 3.18. The smallest absolute Gasteiger partial charge is 0.306 e. The molecule has 122 valence electrons. The summed E-state index contributed by atoms with van der Waals surface area (Å²) in [4.78, 5) is 23.4. The van der Waals surface area contributed by atoms with E-state index in [0.29, 0.717) is 37.5 Å². The molecule has 1 aliphatic heterocycles. The molecule has 0 aromatic heterocycles. The molecule has 3 aliphatic carbocycles. The summed E-state index contributed by atoms with van der Waals surface area (Å²) >= 11 is 0. The fourth-order valence-corrected chi connectivity index (χ4v) is 6.11. The van der Waals surface area contributed by atoms with Crippen LogP contribution in [0.3, 0.4) is 0 Å². The van der Waals surface area contributed by atoms with Gasteiger partial charge in [0.1, 0.15) is 17.1 Å². The van der Waals surface area contributed by atoms with Gasteiger partial charge < -0.3 is 4.74 Å². The summed E-state index contributed by atoms with van der Waals surface area (Å²) in [6.07, 6.45) is 5.98. The molecule has 0 aromatic rings. The van der Waals surface area contributed by atoms with Crippen molar-refractivity contribution in [3.8, 4) is 0 Å². The third kappa shape index (κ3) is 1.98. The highest BCUT2D eigenvalue weighted by Crippen LogP contribution is 2.60. The van der Waals surface area contributed by atoms with Crippen LogP contribution in [0.2, 0.25) is 0 Å². The topological polar surface area (TPSA) is 43.4 Å². The Morgan fingerprint density at radius 1 is 1.05 bits per heavy atom. The molecule has 3 saturated carbocycles. The van der Waals surface area contributed by atoms with Crippen molar-refractivity contribution in [1.29, 1.82) is 0 Å². The second-order valence-corrected chi connectivity index (χ2v) is 8.18. The summed E-state index contributed by atoms with van der Waals surface area (Å²) in [7, 11) is 0. The van der Waals surface area contributed by atoms with E-state index in [1.807, 2.05) is 6.92 Å².